The number of phosphoric acid groups is 1. The van der Waals surface area contributed by atoms with Gasteiger partial charge in [-0.15, -0.1) is 5.10 Å². The zero-order valence-electron chi connectivity index (χ0n) is 6.94. The first-order chi connectivity index (χ1) is 6.88. The molecule has 0 aliphatic heterocycles. The van der Waals surface area contributed by atoms with Crippen LogP contribution in [-0.2, 0) is 4.57 Å². The molecule has 9 nitrogen and oxygen atoms in total. The van der Waals surface area contributed by atoms with Crippen LogP contribution in [0.1, 0.15) is 0 Å². The quantitative estimate of drug-likeness (QED) is 0.362. The Balaban J connectivity index is 0.000000195. The predicted molar refractivity (Wildman–Crippen MR) is 48.8 cm³/mol. The molecular formula is C4H5ClN5O4P. The Morgan fingerprint density at radius 1 is 1.27 bits per heavy atom. The first-order valence-corrected chi connectivity index (χ1v) is 5.27. The van der Waals surface area contributed by atoms with Gasteiger partial charge in [0.05, 0.1) is 0 Å². The third-order valence-corrected chi connectivity index (χ3v) is 1.35. The van der Waals surface area contributed by atoms with Crippen LogP contribution in [0.3, 0.4) is 0 Å². The highest BCUT2D eigenvalue weighted by Gasteiger charge is 2.02. The van der Waals surface area contributed by atoms with Crippen molar-refractivity contribution in [2.45, 2.75) is 0 Å². The van der Waals surface area contributed by atoms with Crippen LogP contribution in [0, 0.1) is 0 Å². The van der Waals surface area contributed by atoms with Gasteiger partial charge in [-0.25, -0.2) is 14.5 Å². The molecule has 0 amide bonds. The first kappa shape index (κ1) is 12.0. The Labute approximate surface area is 87.4 Å². The minimum Gasteiger partial charge on any atom is -0.303 e. The number of hydrogen-bond acceptors (Lipinski definition) is 5. The fraction of sp³-hybridized carbons (Fsp3) is 0. The van der Waals surface area contributed by atoms with Gasteiger partial charge in [0, 0.05) is 0 Å². The van der Waals surface area contributed by atoms with E-state index in [0.29, 0.717) is 16.3 Å². The molecule has 2 heterocycles. The molecule has 0 bridgehead atoms. The summed E-state index contributed by atoms with van der Waals surface area (Å²) in [5, 5.41) is 10.1. The summed E-state index contributed by atoms with van der Waals surface area (Å²) in [5.41, 5.74) is 0.990. The van der Waals surface area contributed by atoms with Crippen LogP contribution in [0.15, 0.2) is 6.33 Å². The topological polar surface area (TPSA) is 145 Å². The van der Waals surface area contributed by atoms with E-state index in [1.54, 1.807) is 0 Å². The zero-order chi connectivity index (χ0) is 11.5. The number of fused-ring (bicyclic) bond motifs is 1. The molecule has 2 rings (SSSR count). The Morgan fingerprint density at radius 3 is 2.40 bits per heavy atom. The monoisotopic (exact) mass is 253 g/mol. The van der Waals surface area contributed by atoms with E-state index in [1.807, 2.05) is 0 Å². The van der Waals surface area contributed by atoms with E-state index in [1.165, 1.54) is 6.33 Å². The number of aromatic nitrogens is 5. The second-order valence-corrected chi connectivity index (χ2v) is 3.56. The molecule has 82 valence electrons. The number of rotatable bonds is 0. The van der Waals surface area contributed by atoms with E-state index in [2.05, 4.69) is 25.4 Å². The normalized spacial score (nSPS) is 10.9. The number of nitrogens with one attached hydrogen (secondary N) is 1. The number of H-pyrrole nitrogens is 1. The molecule has 0 atom stereocenters. The highest BCUT2D eigenvalue weighted by Crippen LogP contribution is 2.25. The minimum absolute atomic E-state index is 0.318. The van der Waals surface area contributed by atoms with E-state index >= 15 is 0 Å². The number of hydrogen-bond donors (Lipinski definition) is 4. The molecule has 0 unspecified atom stereocenters. The predicted octanol–water partition coefficient (Wildman–Crippen LogP) is -0.527. The summed E-state index contributed by atoms with van der Waals surface area (Å²) in [7, 11) is -4.64. The molecule has 0 aliphatic rings. The molecule has 0 saturated carbocycles. The second kappa shape index (κ2) is 4.60. The van der Waals surface area contributed by atoms with Gasteiger partial charge in [-0.2, -0.15) is 10.3 Å². The summed E-state index contributed by atoms with van der Waals surface area (Å²) in [5.74, 6) is 0. The number of aromatic amines is 1. The van der Waals surface area contributed by atoms with Gasteiger partial charge in [0.25, 0.3) is 0 Å². The summed E-state index contributed by atoms with van der Waals surface area (Å²) in [6, 6.07) is 0. The smallest absolute Gasteiger partial charge is 0.303 e. The maximum Gasteiger partial charge on any atom is 0.466 e. The number of nitrogens with zero attached hydrogens (tertiary/aromatic N) is 4. The van der Waals surface area contributed by atoms with Crippen molar-refractivity contribution in [1.29, 1.82) is 0 Å². The van der Waals surface area contributed by atoms with Crippen LogP contribution in [0.5, 0.6) is 0 Å². The number of halogens is 1. The van der Waals surface area contributed by atoms with Crippen molar-refractivity contribution < 1.29 is 19.2 Å². The van der Waals surface area contributed by atoms with E-state index in [0.717, 1.165) is 0 Å². The highest BCUT2D eigenvalue weighted by molar-refractivity contribution is 7.45. The lowest BCUT2D eigenvalue weighted by Gasteiger charge is -1.84. The van der Waals surface area contributed by atoms with Gasteiger partial charge in [0.15, 0.2) is 10.7 Å². The van der Waals surface area contributed by atoms with Gasteiger partial charge in [-0.05, 0) is 0 Å². The van der Waals surface area contributed by atoms with Crippen molar-refractivity contribution >= 4 is 30.6 Å². The van der Waals surface area contributed by atoms with Gasteiger partial charge in [0.2, 0.25) is 5.65 Å². The summed E-state index contributed by atoms with van der Waals surface area (Å²) in [6.07, 6.45) is 1.34. The molecule has 11 heteroatoms. The average Bonchev–Trinajstić information content (AvgIpc) is 2.49. The molecule has 0 spiro atoms. The van der Waals surface area contributed by atoms with Crippen molar-refractivity contribution in [3.05, 3.63) is 11.5 Å². The Morgan fingerprint density at radius 2 is 1.87 bits per heavy atom. The summed E-state index contributed by atoms with van der Waals surface area (Å²) in [6.45, 7) is 0. The molecule has 2 aromatic heterocycles. The summed E-state index contributed by atoms with van der Waals surface area (Å²) < 4.78 is 8.88. The molecule has 0 saturated heterocycles. The third-order valence-electron chi connectivity index (χ3n) is 1.08. The molecule has 2 aromatic rings. The molecule has 4 N–H and O–H groups in total. The fourth-order valence-electron chi connectivity index (χ4n) is 0.649. The van der Waals surface area contributed by atoms with Crippen molar-refractivity contribution in [2.24, 2.45) is 0 Å². The van der Waals surface area contributed by atoms with Crippen LogP contribution in [0.25, 0.3) is 11.2 Å². The van der Waals surface area contributed by atoms with Gasteiger partial charge in [-0.1, -0.05) is 11.6 Å². The van der Waals surface area contributed by atoms with Crippen LogP contribution in [-0.4, -0.2) is 40.1 Å². The van der Waals surface area contributed by atoms with Crippen molar-refractivity contribution in [2.75, 3.05) is 0 Å². The van der Waals surface area contributed by atoms with E-state index in [-0.39, 0.29) is 0 Å². The van der Waals surface area contributed by atoms with Crippen molar-refractivity contribution in [1.82, 2.24) is 25.4 Å². The summed E-state index contributed by atoms with van der Waals surface area (Å²) in [4.78, 5) is 29.1. The maximum atomic E-state index is 8.88. The average molecular weight is 254 g/mol. The van der Waals surface area contributed by atoms with Crippen LogP contribution in [0.4, 0.5) is 0 Å². The van der Waals surface area contributed by atoms with Gasteiger partial charge in [-0.3, -0.25) is 0 Å². The summed E-state index contributed by atoms with van der Waals surface area (Å²) >= 11 is 5.62. The molecule has 15 heavy (non-hydrogen) atoms. The van der Waals surface area contributed by atoms with Gasteiger partial charge >= 0.3 is 7.82 Å². The van der Waals surface area contributed by atoms with Gasteiger partial charge in [0.1, 0.15) is 6.33 Å². The van der Waals surface area contributed by atoms with Crippen LogP contribution >= 0.6 is 19.4 Å². The van der Waals surface area contributed by atoms with Crippen molar-refractivity contribution in [3.63, 3.8) is 0 Å². The van der Waals surface area contributed by atoms with Gasteiger partial charge < -0.3 is 14.7 Å². The lowest BCUT2D eigenvalue weighted by Crippen LogP contribution is -1.80. The third kappa shape index (κ3) is 4.28. The van der Waals surface area contributed by atoms with E-state index in [9.17, 15) is 0 Å². The second-order valence-electron chi connectivity index (χ2n) is 2.17. The molecular weight excluding hydrogens is 249 g/mol. The van der Waals surface area contributed by atoms with Crippen LogP contribution < -0.4 is 0 Å². The Kier molecular flexibility index (Phi) is 3.66. The SMILES string of the molecule is Clc1ncnc2n[nH]nc12.O=P(O)(O)O. The highest BCUT2D eigenvalue weighted by atomic mass is 35.5. The molecule has 0 aromatic carbocycles. The largest absolute Gasteiger partial charge is 0.466 e. The minimum atomic E-state index is -4.64. The van der Waals surface area contributed by atoms with E-state index < -0.39 is 7.82 Å². The first-order valence-electron chi connectivity index (χ1n) is 3.33. The lowest BCUT2D eigenvalue weighted by molar-refractivity contribution is 0.275. The lowest BCUT2D eigenvalue weighted by atomic mass is 10.6. The molecule has 0 fully saturated rings. The fourth-order valence-corrected chi connectivity index (χ4v) is 0.820. The van der Waals surface area contributed by atoms with Crippen LogP contribution in [0.2, 0.25) is 5.15 Å². The molecule has 0 radical (unpaired) electrons. The maximum absolute atomic E-state index is 8.88. The Hall–Kier alpha value is -1.12. The van der Waals surface area contributed by atoms with Crippen molar-refractivity contribution in [3.8, 4) is 0 Å². The Bertz CT molecular complexity index is 488. The standard InChI is InChI=1S/C4H2ClN5.H3O4P/c5-3-2-4(7-1-6-3)9-10-8-2;1-5(2,3)4/h1H,(H,6,7,8,9,10);(H3,1,2,3,4). The molecule has 0 aliphatic carbocycles. The van der Waals surface area contributed by atoms with E-state index in [4.69, 9.17) is 30.8 Å². The zero-order valence-corrected chi connectivity index (χ0v) is 8.59.